The second kappa shape index (κ2) is 4.76. The predicted molar refractivity (Wildman–Crippen MR) is 73.3 cm³/mol. The van der Waals surface area contributed by atoms with Crippen LogP contribution in [0.1, 0.15) is 0 Å². The average molecular weight is 298 g/mol. The Morgan fingerprint density at radius 1 is 1.06 bits per heavy atom. The molecule has 0 fully saturated rings. The minimum absolute atomic E-state index is 0.681. The molecule has 0 radical (unpaired) electrons. The quantitative estimate of drug-likeness (QED) is 0.805. The number of benzene rings is 2. The molecular weight excluding hydrogens is 288 g/mol. The van der Waals surface area contributed by atoms with Gasteiger partial charge in [-0.2, -0.15) is 0 Å². The topological polar surface area (TPSA) is 38.0 Å². The minimum Gasteiger partial charge on any atom is -0.397 e. The van der Waals surface area contributed by atoms with E-state index in [4.69, 9.17) is 17.3 Å². The Balaban J connectivity index is 2.34. The lowest BCUT2D eigenvalue weighted by Crippen LogP contribution is -1.96. The van der Waals surface area contributed by atoms with Crippen LogP contribution in [0, 0.1) is 0 Å². The summed E-state index contributed by atoms with van der Waals surface area (Å²) in [6.45, 7) is 0. The highest BCUT2D eigenvalue weighted by atomic mass is 79.9. The molecule has 2 aromatic rings. The van der Waals surface area contributed by atoms with Crippen molar-refractivity contribution in [2.24, 2.45) is 0 Å². The van der Waals surface area contributed by atoms with E-state index in [1.807, 2.05) is 42.5 Å². The molecule has 0 aromatic heterocycles. The Bertz CT molecular complexity index is 514. The van der Waals surface area contributed by atoms with Gasteiger partial charge in [0.25, 0.3) is 0 Å². The first-order valence-corrected chi connectivity index (χ1v) is 5.90. The summed E-state index contributed by atoms with van der Waals surface area (Å²) in [6.07, 6.45) is 0. The lowest BCUT2D eigenvalue weighted by molar-refractivity contribution is 1.52. The van der Waals surface area contributed by atoms with Gasteiger partial charge < -0.3 is 11.1 Å². The van der Waals surface area contributed by atoms with E-state index < -0.39 is 0 Å². The van der Waals surface area contributed by atoms with Crippen molar-refractivity contribution in [3.8, 4) is 0 Å². The highest BCUT2D eigenvalue weighted by Gasteiger charge is 2.03. The zero-order valence-electron chi connectivity index (χ0n) is 8.37. The Hall–Kier alpha value is -1.19. The third kappa shape index (κ3) is 2.49. The molecule has 2 aromatic carbocycles. The van der Waals surface area contributed by atoms with Crippen molar-refractivity contribution in [3.05, 3.63) is 52.0 Å². The summed E-state index contributed by atoms with van der Waals surface area (Å²) in [7, 11) is 0. The molecule has 0 bridgehead atoms. The smallest absolute Gasteiger partial charge is 0.0618 e. The van der Waals surface area contributed by atoms with Gasteiger partial charge in [-0.05, 0) is 46.3 Å². The summed E-state index contributed by atoms with van der Waals surface area (Å²) in [5.41, 5.74) is 8.31. The van der Waals surface area contributed by atoms with Crippen LogP contribution in [0.5, 0.6) is 0 Å². The van der Waals surface area contributed by atoms with Crippen LogP contribution in [0.3, 0.4) is 0 Å². The van der Waals surface area contributed by atoms with E-state index in [2.05, 4.69) is 21.2 Å². The van der Waals surface area contributed by atoms with Crippen LogP contribution < -0.4 is 11.1 Å². The van der Waals surface area contributed by atoms with Crippen LogP contribution in [0.15, 0.2) is 46.9 Å². The largest absolute Gasteiger partial charge is 0.397 e. The summed E-state index contributed by atoms with van der Waals surface area (Å²) in [4.78, 5) is 0. The fraction of sp³-hybridized carbons (Fsp3) is 0. The number of halogens is 2. The van der Waals surface area contributed by atoms with Crippen LogP contribution in [-0.4, -0.2) is 0 Å². The van der Waals surface area contributed by atoms with Crippen molar-refractivity contribution >= 4 is 44.6 Å². The molecule has 0 saturated heterocycles. The van der Waals surface area contributed by atoms with Crippen molar-refractivity contribution in [2.45, 2.75) is 0 Å². The molecule has 3 N–H and O–H groups in total. The highest BCUT2D eigenvalue weighted by Crippen LogP contribution is 2.30. The third-order valence-corrected chi connectivity index (χ3v) is 3.09. The van der Waals surface area contributed by atoms with E-state index in [9.17, 15) is 0 Å². The summed E-state index contributed by atoms with van der Waals surface area (Å²) < 4.78 is 0.945. The van der Waals surface area contributed by atoms with E-state index in [0.29, 0.717) is 10.7 Å². The van der Waals surface area contributed by atoms with Crippen LogP contribution in [-0.2, 0) is 0 Å². The van der Waals surface area contributed by atoms with Crippen molar-refractivity contribution in [2.75, 3.05) is 11.1 Å². The van der Waals surface area contributed by atoms with Crippen molar-refractivity contribution in [3.63, 3.8) is 0 Å². The number of nitrogens with two attached hydrogens (primary N) is 1. The number of nitrogens with one attached hydrogen (secondary N) is 1. The molecule has 0 spiro atoms. The van der Waals surface area contributed by atoms with Gasteiger partial charge in [-0.3, -0.25) is 0 Å². The van der Waals surface area contributed by atoms with Gasteiger partial charge in [0.2, 0.25) is 0 Å². The normalized spacial score (nSPS) is 10.1. The zero-order chi connectivity index (χ0) is 11.5. The maximum Gasteiger partial charge on any atom is 0.0618 e. The molecule has 0 atom stereocenters. The predicted octanol–water partition coefficient (Wildman–Crippen LogP) is 4.43. The summed E-state index contributed by atoms with van der Waals surface area (Å²) in [5, 5.41) is 3.91. The van der Waals surface area contributed by atoms with Gasteiger partial charge in [-0.1, -0.05) is 23.7 Å². The van der Waals surface area contributed by atoms with Crippen molar-refractivity contribution in [1.29, 1.82) is 0 Å². The van der Waals surface area contributed by atoms with Crippen LogP contribution >= 0.6 is 27.5 Å². The van der Waals surface area contributed by atoms with Gasteiger partial charge in [0.1, 0.15) is 0 Å². The molecule has 4 heteroatoms. The summed E-state index contributed by atoms with van der Waals surface area (Å²) >= 11 is 9.38. The molecule has 0 unspecified atom stereocenters. The maximum atomic E-state index is 5.93. The number of hydrogen-bond acceptors (Lipinski definition) is 2. The second-order valence-corrected chi connectivity index (χ2v) is 4.63. The number of nitrogen functional groups attached to an aromatic ring is 1. The van der Waals surface area contributed by atoms with Crippen molar-refractivity contribution < 1.29 is 0 Å². The van der Waals surface area contributed by atoms with Crippen LogP contribution in [0.25, 0.3) is 0 Å². The maximum absolute atomic E-state index is 5.93. The van der Waals surface area contributed by atoms with Crippen LogP contribution in [0.4, 0.5) is 17.1 Å². The van der Waals surface area contributed by atoms with E-state index in [-0.39, 0.29) is 0 Å². The SMILES string of the molecule is Nc1ccccc1Nc1cc(Cl)ccc1Br. The standard InChI is InChI=1S/C12H10BrClN2/c13-9-6-5-8(14)7-12(9)16-11-4-2-1-3-10(11)15/h1-7,16H,15H2. The third-order valence-electron chi connectivity index (χ3n) is 2.16. The highest BCUT2D eigenvalue weighted by molar-refractivity contribution is 9.10. The number of rotatable bonds is 2. The number of anilines is 3. The van der Waals surface area contributed by atoms with E-state index in [1.165, 1.54) is 0 Å². The number of hydrogen-bond donors (Lipinski definition) is 2. The fourth-order valence-electron chi connectivity index (χ4n) is 1.35. The van der Waals surface area contributed by atoms with Gasteiger partial charge in [0.15, 0.2) is 0 Å². The van der Waals surface area contributed by atoms with Gasteiger partial charge in [0, 0.05) is 9.50 Å². The summed E-state index contributed by atoms with van der Waals surface area (Å²) in [6, 6.07) is 13.2. The van der Waals surface area contributed by atoms with Crippen molar-refractivity contribution in [1.82, 2.24) is 0 Å². The van der Waals surface area contributed by atoms with Gasteiger partial charge in [-0.25, -0.2) is 0 Å². The lowest BCUT2D eigenvalue weighted by atomic mass is 10.2. The second-order valence-electron chi connectivity index (χ2n) is 3.34. The lowest BCUT2D eigenvalue weighted by Gasteiger charge is -2.10. The molecule has 2 nitrogen and oxygen atoms in total. The van der Waals surface area contributed by atoms with E-state index in [0.717, 1.165) is 15.8 Å². The Labute approximate surface area is 108 Å². The minimum atomic E-state index is 0.681. The number of para-hydroxylation sites is 2. The zero-order valence-corrected chi connectivity index (χ0v) is 10.7. The monoisotopic (exact) mass is 296 g/mol. The molecule has 0 saturated carbocycles. The molecule has 16 heavy (non-hydrogen) atoms. The first-order valence-electron chi connectivity index (χ1n) is 4.73. The molecule has 2 rings (SSSR count). The molecular formula is C12H10BrClN2. The Morgan fingerprint density at radius 2 is 1.81 bits per heavy atom. The Kier molecular flexibility index (Phi) is 3.36. The summed E-state index contributed by atoms with van der Waals surface area (Å²) in [5.74, 6) is 0. The van der Waals surface area contributed by atoms with Gasteiger partial charge >= 0.3 is 0 Å². The van der Waals surface area contributed by atoms with Gasteiger partial charge in [-0.15, -0.1) is 0 Å². The van der Waals surface area contributed by atoms with Gasteiger partial charge in [0.05, 0.1) is 17.1 Å². The molecule has 0 aliphatic carbocycles. The molecule has 0 aliphatic rings. The molecule has 0 heterocycles. The molecule has 82 valence electrons. The fourth-order valence-corrected chi connectivity index (χ4v) is 1.87. The van der Waals surface area contributed by atoms with Crippen LogP contribution in [0.2, 0.25) is 5.02 Å². The average Bonchev–Trinajstić information content (AvgIpc) is 2.27. The van der Waals surface area contributed by atoms with E-state index >= 15 is 0 Å². The first-order chi connectivity index (χ1) is 7.66. The molecule has 0 amide bonds. The van der Waals surface area contributed by atoms with E-state index in [1.54, 1.807) is 0 Å². The molecule has 0 aliphatic heterocycles. The Morgan fingerprint density at radius 3 is 2.56 bits per heavy atom. The first kappa shape index (κ1) is 11.3.